The molecule has 2 aliphatic rings. The Labute approximate surface area is 127 Å². The van der Waals surface area contributed by atoms with Crippen molar-refractivity contribution in [2.45, 2.75) is 57.9 Å². The van der Waals surface area contributed by atoms with Gasteiger partial charge in [-0.2, -0.15) is 0 Å². The van der Waals surface area contributed by atoms with Crippen LogP contribution >= 0.6 is 11.3 Å². The molecule has 1 N–H and O–H groups in total. The SMILES string of the molecule is CC(NCCCN1CCCC1)c1cc2c(s1)CCCC2. The summed E-state index contributed by atoms with van der Waals surface area (Å²) in [6.07, 6.45) is 9.52. The molecule has 0 radical (unpaired) electrons. The first-order valence-corrected chi connectivity index (χ1v) is 9.22. The summed E-state index contributed by atoms with van der Waals surface area (Å²) in [5.41, 5.74) is 1.64. The molecule has 1 unspecified atom stereocenters. The molecule has 0 amide bonds. The second-order valence-electron chi connectivity index (χ2n) is 6.38. The predicted octanol–water partition coefficient (Wildman–Crippen LogP) is 3.76. The molecule has 1 aromatic rings. The molecule has 3 rings (SSSR count). The summed E-state index contributed by atoms with van der Waals surface area (Å²) in [5.74, 6) is 0. The Morgan fingerprint density at radius 3 is 2.80 bits per heavy atom. The second kappa shape index (κ2) is 7.06. The van der Waals surface area contributed by atoms with E-state index in [1.54, 1.807) is 15.3 Å². The van der Waals surface area contributed by atoms with E-state index in [-0.39, 0.29) is 0 Å². The Balaban J connectivity index is 1.41. The zero-order chi connectivity index (χ0) is 13.8. The van der Waals surface area contributed by atoms with Crippen LogP contribution in [0.15, 0.2) is 6.07 Å². The highest BCUT2D eigenvalue weighted by atomic mass is 32.1. The highest BCUT2D eigenvalue weighted by Crippen LogP contribution is 2.32. The van der Waals surface area contributed by atoms with E-state index in [0.29, 0.717) is 6.04 Å². The molecular weight excluding hydrogens is 264 g/mol. The van der Waals surface area contributed by atoms with Crippen molar-refractivity contribution in [2.75, 3.05) is 26.2 Å². The van der Waals surface area contributed by atoms with Gasteiger partial charge in [-0.25, -0.2) is 0 Å². The molecule has 0 spiro atoms. The van der Waals surface area contributed by atoms with Gasteiger partial charge in [0.05, 0.1) is 0 Å². The molecule has 1 aliphatic carbocycles. The smallest absolute Gasteiger partial charge is 0.0386 e. The number of thiophene rings is 1. The Bertz CT molecular complexity index is 397. The van der Waals surface area contributed by atoms with E-state index in [2.05, 4.69) is 34.5 Å². The number of aryl methyl sites for hydroxylation is 2. The van der Waals surface area contributed by atoms with Gasteiger partial charge in [0.2, 0.25) is 0 Å². The Kier molecular flexibility index (Phi) is 5.14. The Morgan fingerprint density at radius 2 is 2.00 bits per heavy atom. The zero-order valence-corrected chi connectivity index (χ0v) is 13.6. The number of nitrogens with zero attached hydrogens (tertiary/aromatic N) is 1. The molecule has 0 aromatic carbocycles. The van der Waals surface area contributed by atoms with Crippen molar-refractivity contribution < 1.29 is 0 Å². The van der Waals surface area contributed by atoms with Gasteiger partial charge in [-0.3, -0.25) is 0 Å². The summed E-state index contributed by atoms with van der Waals surface area (Å²) < 4.78 is 0. The first-order valence-electron chi connectivity index (χ1n) is 8.40. The minimum atomic E-state index is 0.532. The van der Waals surface area contributed by atoms with Crippen LogP contribution in [-0.4, -0.2) is 31.1 Å². The van der Waals surface area contributed by atoms with E-state index >= 15 is 0 Å². The van der Waals surface area contributed by atoms with E-state index < -0.39 is 0 Å². The predicted molar refractivity (Wildman–Crippen MR) is 87.7 cm³/mol. The van der Waals surface area contributed by atoms with E-state index in [4.69, 9.17) is 0 Å². The van der Waals surface area contributed by atoms with Crippen LogP contribution < -0.4 is 5.32 Å². The van der Waals surface area contributed by atoms with Gasteiger partial charge in [0.25, 0.3) is 0 Å². The molecular formula is C17H28N2S. The van der Waals surface area contributed by atoms with Gasteiger partial charge in [-0.05, 0) is 89.7 Å². The van der Waals surface area contributed by atoms with Crippen LogP contribution in [0.2, 0.25) is 0 Å². The van der Waals surface area contributed by atoms with Crippen LogP contribution in [0.5, 0.6) is 0 Å². The van der Waals surface area contributed by atoms with Crippen molar-refractivity contribution in [3.63, 3.8) is 0 Å². The largest absolute Gasteiger partial charge is 0.309 e. The molecule has 112 valence electrons. The van der Waals surface area contributed by atoms with Crippen molar-refractivity contribution in [3.8, 4) is 0 Å². The average Bonchev–Trinajstić information content (AvgIpc) is 3.12. The Morgan fingerprint density at radius 1 is 1.20 bits per heavy atom. The third-order valence-electron chi connectivity index (χ3n) is 4.74. The van der Waals surface area contributed by atoms with Gasteiger partial charge >= 0.3 is 0 Å². The molecule has 1 aliphatic heterocycles. The minimum Gasteiger partial charge on any atom is -0.309 e. The lowest BCUT2D eigenvalue weighted by molar-refractivity contribution is 0.328. The summed E-state index contributed by atoms with van der Waals surface area (Å²) >= 11 is 2.05. The molecule has 0 saturated carbocycles. The van der Waals surface area contributed by atoms with Crippen LogP contribution in [0, 0.1) is 0 Å². The van der Waals surface area contributed by atoms with Gasteiger partial charge in [0, 0.05) is 15.8 Å². The summed E-state index contributed by atoms with van der Waals surface area (Å²) in [6, 6.07) is 3.00. The third kappa shape index (κ3) is 3.63. The van der Waals surface area contributed by atoms with E-state index in [9.17, 15) is 0 Å². The van der Waals surface area contributed by atoms with Gasteiger partial charge in [0.1, 0.15) is 0 Å². The maximum absolute atomic E-state index is 3.72. The van der Waals surface area contributed by atoms with Crippen molar-refractivity contribution in [2.24, 2.45) is 0 Å². The summed E-state index contributed by atoms with van der Waals surface area (Å²) in [4.78, 5) is 5.82. The van der Waals surface area contributed by atoms with E-state index in [0.717, 1.165) is 6.54 Å². The van der Waals surface area contributed by atoms with Crippen LogP contribution in [0.25, 0.3) is 0 Å². The monoisotopic (exact) mass is 292 g/mol. The van der Waals surface area contributed by atoms with Crippen molar-refractivity contribution in [1.82, 2.24) is 10.2 Å². The highest BCUT2D eigenvalue weighted by Gasteiger charge is 2.16. The maximum atomic E-state index is 3.72. The zero-order valence-electron chi connectivity index (χ0n) is 12.8. The fraction of sp³-hybridized carbons (Fsp3) is 0.765. The van der Waals surface area contributed by atoms with E-state index in [1.807, 2.05) is 0 Å². The van der Waals surface area contributed by atoms with Crippen LogP contribution in [0.1, 0.15) is 60.4 Å². The summed E-state index contributed by atoms with van der Waals surface area (Å²) in [5, 5.41) is 3.72. The topological polar surface area (TPSA) is 15.3 Å². The molecule has 0 bridgehead atoms. The lowest BCUT2D eigenvalue weighted by Gasteiger charge is -2.16. The number of hydrogen-bond acceptors (Lipinski definition) is 3. The molecule has 3 heteroatoms. The van der Waals surface area contributed by atoms with Crippen molar-refractivity contribution >= 4 is 11.3 Å². The fourth-order valence-corrected chi connectivity index (χ4v) is 4.74. The van der Waals surface area contributed by atoms with Crippen LogP contribution in [0.4, 0.5) is 0 Å². The lowest BCUT2D eigenvalue weighted by Crippen LogP contribution is -2.26. The Hall–Kier alpha value is -0.380. The van der Waals surface area contributed by atoms with Gasteiger partial charge in [-0.1, -0.05) is 0 Å². The average molecular weight is 292 g/mol. The number of nitrogens with one attached hydrogen (secondary N) is 1. The second-order valence-corrected chi connectivity index (χ2v) is 7.55. The number of fused-ring (bicyclic) bond motifs is 1. The summed E-state index contributed by atoms with van der Waals surface area (Å²) in [7, 11) is 0. The molecule has 1 aromatic heterocycles. The molecule has 1 fully saturated rings. The molecule has 2 nitrogen and oxygen atoms in total. The maximum Gasteiger partial charge on any atom is 0.0386 e. The molecule has 1 saturated heterocycles. The third-order valence-corrected chi connectivity index (χ3v) is 6.16. The molecule has 20 heavy (non-hydrogen) atoms. The first kappa shape index (κ1) is 14.6. The van der Waals surface area contributed by atoms with Crippen molar-refractivity contribution in [3.05, 3.63) is 21.4 Å². The first-order chi connectivity index (χ1) is 9.83. The normalized spacial score (nSPS) is 21.1. The highest BCUT2D eigenvalue weighted by molar-refractivity contribution is 7.12. The number of rotatable bonds is 6. The number of hydrogen-bond donors (Lipinski definition) is 1. The minimum absolute atomic E-state index is 0.532. The van der Waals surface area contributed by atoms with Crippen molar-refractivity contribution in [1.29, 1.82) is 0 Å². The lowest BCUT2D eigenvalue weighted by atomic mass is 9.99. The van der Waals surface area contributed by atoms with Crippen LogP contribution in [-0.2, 0) is 12.8 Å². The van der Waals surface area contributed by atoms with Gasteiger partial charge in [0.15, 0.2) is 0 Å². The molecule has 1 atom stereocenters. The fourth-order valence-electron chi connectivity index (χ4n) is 3.46. The van der Waals surface area contributed by atoms with E-state index in [1.165, 1.54) is 64.6 Å². The van der Waals surface area contributed by atoms with Gasteiger partial charge in [-0.15, -0.1) is 11.3 Å². The standard InChI is InChI=1S/C17H28N2S/c1-14(18-9-6-12-19-10-4-5-11-19)17-13-15-7-2-3-8-16(15)20-17/h13-14,18H,2-12H2,1H3. The van der Waals surface area contributed by atoms with Gasteiger partial charge < -0.3 is 10.2 Å². The summed E-state index contributed by atoms with van der Waals surface area (Å²) in [6.45, 7) is 7.41. The quantitative estimate of drug-likeness (QED) is 0.803. The van der Waals surface area contributed by atoms with Crippen LogP contribution in [0.3, 0.4) is 0 Å². The number of likely N-dealkylation sites (tertiary alicyclic amines) is 1. The molecule has 2 heterocycles.